The third kappa shape index (κ3) is 2.78. The van der Waals surface area contributed by atoms with Crippen molar-refractivity contribution < 1.29 is 14.6 Å². The number of carbonyl (C=O) groups excluding carboxylic acids is 1. The number of benzene rings is 2. The number of phenols is 1. The van der Waals surface area contributed by atoms with Crippen molar-refractivity contribution in [3.8, 4) is 16.9 Å². The predicted molar refractivity (Wildman–Crippen MR) is 84.5 cm³/mol. The van der Waals surface area contributed by atoms with Gasteiger partial charge in [0.05, 0.1) is 12.2 Å². The van der Waals surface area contributed by atoms with Crippen LogP contribution in [0.1, 0.15) is 15.9 Å². The fraction of sp³-hybridized carbons (Fsp3) is 0.188. The number of hydrogen-bond acceptors (Lipinski definition) is 3. The normalized spacial score (nSPS) is 14.8. The molecule has 0 aliphatic carbocycles. The topological polar surface area (TPSA) is 58.6 Å². The van der Waals surface area contributed by atoms with Gasteiger partial charge in [-0.1, -0.05) is 26.8 Å². The van der Waals surface area contributed by atoms with Crippen LogP contribution in [-0.2, 0) is 11.3 Å². The minimum atomic E-state index is -0.117. The lowest BCUT2D eigenvalue weighted by atomic mass is 10.00. The highest BCUT2D eigenvalue weighted by Crippen LogP contribution is 2.30. The van der Waals surface area contributed by atoms with Gasteiger partial charge in [-0.15, -0.1) is 0 Å². The first kappa shape index (κ1) is 14.1. The molecule has 21 heavy (non-hydrogen) atoms. The number of methoxy groups -OCH3 is 1. The van der Waals surface area contributed by atoms with Gasteiger partial charge in [0.2, 0.25) is 0 Å². The lowest BCUT2D eigenvalue weighted by molar-refractivity contribution is 0.0960. The van der Waals surface area contributed by atoms with Crippen molar-refractivity contribution in [2.45, 2.75) is 6.61 Å². The van der Waals surface area contributed by atoms with Gasteiger partial charge in [0, 0.05) is 18.7 Å². The Morgan fingerprint density at radius 2 is 2.14 bits per heavy atom. The molecular weight excluding hydrogens is 285 g/mol. The highest BCUT2D eigenvalue weighted by molar-refractivity contribution is 7.48. The second-order valence-corrected chi connectivity index (χ2v) is 6.12. The number of carbonyl (C=O) groups is 1. The Morgan fingerprint density at radius 3 is 2.95 bits per heavy atom. The van der Waals surface area contributed by atoms with Gasteiger partial charge in [-0.25, -0.2) is 0 Å². The Morgan fingerprint density at radius 1 is 1.29 bits per heavy atom. The van der Waals surface area contributed by atoms with Gasteiger partial charge in [-0.3, -0.25) is 4.79 Å². The second kappa shape index (κ2) is 5.84. The molecule has 1 aliphatic heterocycles. The molecule has 1 heterocycles. The van der Waals surface area contributed by atoms with Crippen LogP contribution in [0.4, 0.5) is 0 Å². The summed E-state index contributed by atoms with van der Waals surface area (Å²) in [6.45, 7) is 0.534. The smallest absolute Gasteiger partial charge is 0.252 e. The van der Waals surface area contributed by atoms with E-state index in [0.717, 1.165) is 22.0 Å². The molecule has 1 atom stereocenters. The van der Waals surface area contributed by atoms with Gasteiger partial charge in [0.1, 0.15) is 5.75 Å². The molecule has 2 aromatic rings. The monoisotopic (exact) mass is 301 g/mol. The Hall–Kier alpha value is -1.90. The number of fused-ring (bicyclic) bond motifs is 1. The van der Waals surface area contributed by atoms with Crippen molar-refractivity contribution in [2.75, 3.05) is 13.4 Å². The van der Waals surface area contributed by atoms with Crippen molar-refractivity contribution in [1.29, 1.82) is 0 Å². The van der Waals surface area contributed by atoms with Crippen LogP contribution in [0.15, 0.2) is 36.4 Å². The van der Waals surface area contributed by atoms with E-state index in [-0.39, 0.29) is 11.7 Å². The third-order valence-corrected chi connectivity index (χ3v) is 4.68. The van der Waals surface area contributed by atoms with Crippen LogP contribution in [0.3, 0.4) is 0 Å². The maximum atomic E-state index is 12.0. The summed E-state index contributed by atoms with van der Waals surface area (Å²) in [6.07, 6.45) is 0.599. The number of aromatic hydroxyl groups is 1. The van der Waals surface area contributed by atoms with Crippen molar-refractivity contribution in [1.82, 2.24) is 5.32 Å². The summed E-state index contributed by atoms with van der Waals surface area (Å²) in [5, 5.41) is 13.8. The van der Waals surface area contributed by atoms with Crippen molar-refractivity contribution in [3.63, 3.8) is 0 Å². The number of ether oxygens (including phenoxy) is 1. The zero-order chi connectivity index (χ0) is 14.8. The standard InChI is InChI=1S/C16H16NO3P/c1-20-8-10-3-2-4-11(5-10)12-6-13-15(14(18)7-12)21-9-17-16(13)19/h2-7,18,21H,8-9H2,1H3,(H,17,19). The molecule has 1 unspecified atom stereocenters. The maximum absolute atomic E-state index is 12.0. The molecule has 2 aromatic carbocycles. The maximum Gasteiger partial charge on any atom is 0.252 e. The van der Waals surface area contributed by atoms with E-state index < -0.39 is 0 Å². The second-order valence-electron chi connectivity index (χ2n) is 4.91. The van der Waals surface area contributed by atoms with Crippen molar-refractivity contribution in [3.05, 3.63) is 47.5 Å². The molecule has 0 radical (unpaired) electrons. The van der Waals surface area contributed by atoms with E-state index in [1.165, 1.54) is 0 Å². The van der Waals surface area contributed by atoms with Crippen LogP contribution in [0, 0.1) is 0 Å². The Bertz CT molecular complexity index is 700. The first-order chi connectivity index (χ1) is 10.2. The number of nitrogens with one attached hydrogen (secondary N) is 1. The molecule has 0 aromatic heterocycles. The van der Waals surface area contributed by atoms with Gasteiger partial charge >= 0.3 is 0 Å². The van der Waals surface area contributed by atoms with Crippen LogP contribution < -0.4 is 10.6 Å². The first-order valence-corrected chi connectivity index (χ1v) is 7.87. The predicted octanol–water partition coefficient (Wildman–Crippen LogP) is 2.21. The van der Waals surface area contributed by atoms with Crippen LogP contribution in [0.5, 0.6) is 5.75 Å². The van der Waals surface area contributed by atoms with Crippen LogP contribution >= 0.6 is 8.58 Å². The molecule has 108 valence electrons. The first-order valence-electron chi connectivity index (χ1n) is 6.66. The Labute approximate surface area is 124 Å². The van der Waals surface area contributed by atoms with E-state index in [2.05, 4.69) is 5.32 Å². The highest BCUT2D eigenvalue weighted by atomic mass is 31.1. The summed E-state index contributed by atoms with van der Waals surface area (Å²) in [7, 11) is 2.06. The van der Waals surface area contributed by atoms with E-state index in [0.29, 0.717) is 27.0 Å². The van der Waals surface area contributed by atoms with Crippen LogP contribution in [0.25, 0.3) is 11.1 Å². The molecule has 4 nitrogen and oxygen atoms in total. The van der Waals surface area contributed by atoms with Gasteiger partial charge in [-0.05, 0) is 34.9 Å². The fourth-order valence-electron chi connectivity index (χ4n) is 2.47. The van der Waals surface area contributed by atoms with Crippen LogP contribution in [-0.4, -0.2) is 24.4 Å². The van der Waals surface area contributed by atoms with E-state index in [4.69, 9.17) is 4.74 Å². The Kier molecular flexibility index (Phi) is 3.91. The van der Waals surface area contributed by atoms with E-state index >= 15 is 0 Å². The highest BCUT2D eigenvalue weighted by Gasteiger charge is 2.21. The summed E-state index contributed by atoms with van der Waals surface area (Å²) >= 11 is 0. The number of hydrogen-bond donors (Lipinski definition) is 2. The lowest BCUT2D eigenvalue weighted by Gasteiger charge is -2.19. The zero-order valence-electron chi connectivity index (χ0n) is 11.6. The summed E-state index contributed by atoms with van der Waals surface area (Å²) in [6, 6.07) is 11.5. The molecule has 1 amide bonds. The molecule has 0 spiro atoms. The summed E-state index contributed by atoms with van der Waals surface area (Å²) in [5.74, 6) is 0.0850. The van der Waals surface area contributed by atoms with Gasteiger partial charge < -0.3 is 15.2 Å². The minimum absolute atomic E-state index is 0.117. The van der Waals surface area contributed by atoms with E-state index in [1.54, 1.807) is 13.2 Å². The largest absolute Gasteiger partial charge is 0.507 e. The average Bonchev–Trinajstić information content (AvgIpc) is 2.49. The van der Waals surface area contributed by atoms with Crippen molar-refractivity contribution >= 4 is 19.8 Å². The van der Waals surface area contributed by atoms with Gasteiger partial charge in [0.15, 0.2) is 0 Å². The van der Waals surface area contributed by atoms with E-state index in [9.17, 15) is 9.90 Å². The quantitative estimate of drug-likeness (QED) is 0.855. The molecule has 2 N–H and O–H groups in total. The number of amides is 1. The summed E-state index contributed by atoms with van der Waals surface area (Å²) in [4.78, 5) is 12.0. The molecular formula is C16H16NO3P. The minimum Gasteiger partial charge on any atom is -0.507 e. The zero-order valence-corrected chi connectivity index (χ0v) is 12.6. The van der Waals surface area contributed by atoms with Crippen LogP contribution in [0.2, 0.25) is 0 Å². The average molecular weight is 301 g/mol. The van der Waals surface area contributed by atoms with Gasteiger partial charge in [0.25, 0.3) is 5.91 Å². The molecule has 0 bridgehead atoms. The van der Waals surface area contributed by atoms with Crippen molar-refractivity contribution in [2.24, 2.45) is 0 Å². The molecule has 5 heteroatoms. The molecule has 0 saturated heterocycles. The fourth-order valence-corrected chi connectivity index (χ4v) is 3.53. The lowest BCUT2D eigenvalue weighted by Crippen LogP contribution is -2.32. The molecule has 1 aliphatic rings. The summed E-state index contributed by atoms with van der Waals surface area (Å²) in [5.41, 5.74) is 3.43. The molecule has 3 rings (SSSR count). The van der Waals surface area contributed by atoms with Gasteiger partial charge in [-0.2, -0.15) is 0 Å². The third-order valence-electron chi connectivity index (χ3n) is 3.45. The SMILES string of the molecule is COCc1cccc(-c2cc(O)c3c(c2)C(=O)NCP3)c1. The number of phenolic OH excluding ortho intramolecular Hbond substituents is 1. The number of rotatable bonds is 3. The molecule has 0 saturated carbocycles. The van der Waals surface area contributed by atoms with E-state index in [1.807, 2.05) is 30.3 Å². The Balaban J connectivity index is 2.07. The molecule has 0 fully saturated rings. The summed E-state index contributed by atoms with van der Waals surface area (Å²) < 4.78 is 5.14.